The van der Waals surface area contributed by atoms with Crippen molar-refractivity contribution >= 4 is 59.4 Å². The number of carbonyl (C=O) groups excluding carboxylic acids is 9. The number of ketones is 1. The van der Waals surface area contributed by atoms with E-state index in [1.807, 2.05) is 112 Å². The molecule has 0 spiro atoms. The fourth-order valence-corrected chi connectivity index (χ4v) is 16.8. The number of rotatable bonds is 23. The lowest BCUT2D eigenvalue weighted by Crippen LogP contribution is -2.55. The standard InChI is InChI=1S/C33H55N3O6.C32H54N4O4.C12H16N2O4/c1-32(2,3)41-27(37)21-24(22-13-9-7-10-14-22)29(38)35-19-17-26-25(35)18-20-36(26)30(39)28(23-15-11-8-12-16-23)34-31(40)42-33(4,5)6;1-5-21(2)30(38)34-29(24-14-10-7-11-15-24)32(40)36-19-17-26-27(36)16-18-35(26)31(39)25(20-28(37)22(3)33-4)23-12-8-6-9-13-23;1-9(11(15)16)13-14(2)12(17)18-8-10-6-4-3-5-7-10/h22-26,28H,7-21H2,1-6H3,(H,34,40);21-27,29,33H,5-20H2,1-4H3,(H,34,38);3-7,9,13H,8H2,1-2H3,(H,15,16)/t24-,25+,26+,28-;21-,22+,25+,26-,27-,29+;/m01./s1. The molecule has 9 rings (SSSR count). The van der Waals surface area contributed by atoms with Crippen LogP contribution in [0.5, 0.6) is 0 Å². The van der Waals surface area contributed by atoms with E-state index in [9.17, 15) is 47.9 Å². The number of carbonyl (C=O) groups is 10. The number of alkyl carbamates (subject to hydrolysis) is 1. The zero-order chi connectivity index (χ0) is 73.0. The summed E-state index contributed by atoms with van der Waals surface area (Å²) in [6, 6.07) is 6.90. The van der Waals surface area contributed by atoms with Crippen molar-refractivity contribution in [1.29, 1.82) is 0 Å². The Labute approximate surface area is 596 Å². The van der Waals surface area contributed by atoms with Crippen molar-refractivity contribution in [3.05, 3.63) is 35.9 Å². The molecule has 1 aromatic rings. The Morgan fingerprint density at radius 1 is 0.520 bits per heavy atom. The Hall–Kier alpha value is -6.36. The molecule has 4 aliphatic carbocycles. The van der Waals surface area contributed by atoms with Gasteiger partial charge in [0.2, 0.25) is 29.5 Å². The first-order valence-electron chi connectivity index (χ1n) is 38.4. The molecule has 0 radical (unpaired) electrons. The third kappa shape index (κ3) is 23.1. The van der Waals surface area contributed by atoms with Crippen molar-refractivity contribution in [2.24, 2.45) is 41.4 Å². The molecule has 4 aliphatic heterocycles. The molecule has 23 nitrogen and oxygen atoms in total. The second-order valence-electron chi connectivity index (χ2n) is 32.0. The van der Waals surface area contributed by atoms with Crippen molar-refractivity contribution in [2.75, 3.05) is 40.3 Å². The molecule has 7 amide bonds. The number of hydrogen-bond donors (Lipinski definition) is 5. The van der Waals surface area contributed by atoms with E-state index < -0.39 is 47.5 Å². The lowest BCUT2D eigenvalue weighted by Gasteiger charge is -2.36. The Morgan fingerprint density at radius 3 is 1.30 bits per heavy atom. The van der Waals surface area contributed by atoms with E-state index in [0.717, 1.165) is 152 Å². The number of likely N-dealkylation sites (tertiary alicyclic amines) is 4. The number of nitrogens with zero attached hydrogens (tertiary/aromatic N) is 5. The molecule has 4 saturated carbocycles. The molecule has 4 saturated heterocycles. The second kappa shape index (κ2) is 38.2. The minimum absolute atomic E-state index is 0.00183. The number of benzene rings is 1. The molecular formula is C77H125N9O14. The third-order valence-electron chi connectivity index (χ3n) is 22.5. The van der Waals surface area contributed by atoms with E-state index in [4.69, 9.17) is 19.3 Å². The summed E-state index contributed by atoms with van der Waals surface area (Å²) < 4.78 is 16.2. The molecule has 1 unspecified atom stereocenters. The summed E-state index contributed by atoms with van der Waals surface area (Å²) in [5.74, 6) is -1.15. The first-order valence-corrected chi connectivity index (χ1v) is 38.4. The maximum absolute atomic E-state index is 14.2. The number of hydrazine groups is 1. The highest BCUT2D eigenvalue weighted by Gasteiger charge is 2.52. The lowest BCUT2D eigenvalue weighted by atomic mass is 9.76. The molecule has 11 atom stereocenters. The van der Waals surface area contributed by atoms with Crippen molar-refractivity contribution in [1.82, 2.24) is 46.0 Å². The van der Waals surface area contributed by atoms with Gasteiger partial charge in [-0.1, -0.05) is 121 Å². The number of likely N-dealkylation sites (N-methyl/N-ethyl adjacent to an activating group) is 1. The molecule has 4 heterocycles. The van der Waals surface area contributed by atoms with Gasteiger partial charge < -0.3 is 54.9 Å². The monoisotopic (exact) mass is 1400 g/mol. The molecule has 23 heteroatoms. The van der Waals surface area contributed by atoms with Crippen LogP contribution in [0.1, 0.15) is 248 Å². The predicted molar refractivity (Wildman–Crippen MR) is 382 cm³/mol. The van der Waals surface area contributed by atoms with Crippen LogP contribution in [0.25, 0.3) is 0 Å². The van der Waals surface area contributed by atoms with Gasteiger partial charge >= 0.3 is 24.1 Å². The Balaban J connectivity index is 0.000000227. The summed E-state index contributed by atoms with van der Waals surface area (Å²) in [5, 5.41) is 18.9. The van der Waals surface area contributed by atoms with Crippen LogP contribution in [0.3, 0.4) is 0 Å². The molecule has 562 valence electrons. The maximum Gasteiger partial charge on any atom is 0.424 e. The van der Waals surface area contributed by atoms with Crippen LogP contribution in [-0.2, 0) is 59.2 Å². The number of carboxylic acid groups (broad SMARTS) is 1. The van der Waals surface area contributed by atoms with Gasteiger partial charge in [0.1, 0.15) is 41.7 Å². The largest absolute Gasteiger partial charge is 0.480 e. The normalized spacial score (nSPS) is 23.6. The molecule has 5 N–H and O–H groups in total. The maximum atomic E-state index is 14.2. The first-order chi connectivity index (χ1) is 47.5. The topological polar surface area (TPSA) is 283 Å². The highest BCUT2D eigenvalue weighted by molar-refractivity contribution is 5.92. The summed E-state index contributed by atoms with van der Waals surface area (Å²) in [5.41, 5.74) is 2.10. The number of hydrogen-bond acceptors (Lipinski definition) is 15. The summed E-state index contributed by atoms with van der Waals surface area (Å²) in [6.45, 7) is 20.8. The van der Waals surface area contributed by atoms with E-state index in [1.165, 1.54) is 33.2 Å². The molecule has 0 bridgehead atoms. The highest BCUT2D eigenvalue weighted by Crippen LogP contribution is 2.42. The third-order valence-corrected chi connectivity index (χ3v) is 22.5. The number of amides is 7. The Kier molecular flexibility index (Phi) is 31.0. The summed E-state index contributed by atoms with van der Waals surface area (Å²) >= 11 is 0. The number of fused-ring (bicyclic) bond motifs is 2. The van der Waals surface area contributed by atoms with Gasteiger partial charge in [0.05, 0.1) is 42.5 Å². The van der Waals surface area contributed by atoms with Crippen molar-refractivity contribution < 1.29 is 67.3 Å². The van der Waals surface area contributed by atoms with Crippen molar-refractivity contribution in [3.8, 4) is 0 Å². The van der Waals surface area contributed by atoms with Gasteiger partial charge in [-0.25, -0.2) is 20.0 Å². The van der Waals surface area contributed by atoms with Crippen molar-refractivity contribution in [3.63, 3.8) is 0 Å². The van der Waals surface area contributed by atoms with Crippen LogP contribution in [0.2, 0.25) is 0 Å². The lowest BCUT2D eigenvalue weighted by molar-refractivity contribution is -0.160. The van der Waals surface area contributed by atoms with Crippen LogP contribution < -0.4 is 21.4 Å². The van der Waals surface area contributed by atoms with Gasteiger partial charge in [0.15, 0.2) is 0 Å². The second-order valence-corrected chi connectivity index (χ2v) is 32.0. The zero-order valence-electron chi connectivity index (χ0n) is 62.7. The van der Waals surface area contributed by atoms with E-state index >= 15 is 0 Å². The van der Waals surface area contributed by atoms with E-state index in [1.54, 1.807) is 7.05 Å². The average molecular weight is 1400 g/mol. The van der Waals surface area contributed by atoms with Gasteiger partial charge in [-0.05, 0) is 175 Å². The molecular weight excluding hydrogens is 1270 g/mol. The van der Waals surface area contributed by atoms with Crippen LogP contribution >= 0.6 is 0 Å². The number of ether oxygens (including phenoxy) is 3. The molecule has 1 aromatic carbocycles. The highest BCUT2D eigenvalue weighted by atomic mass is 16.6. The molecule has 8 fully saturated rings. The molecule has 8 aliphatic rings. The average Bonchev–Trinajstić information content (AvgIpc) is 1.62. The van der Waals surface area contributed by atoms with Gasteiger partial charge in [0, 0.05) is 51.5 Å². The molecule has 100 heavy (non-hydrogen) atoms. The molecule has 0 aromatic heterocycles. The predicted octanol–water partition coefficient (Wildman–Crippen LogP) is 10.9. The fraction of sp³-hybridized carbons (Fsp3) is 0.792. The zero-order valence-corrected chi connectivity index (χ0v) is 62.7. The smallest absolute Gasteiger partial charge is 0.424 e. The Bertz CT molecular complexity index is 2710. The fourth-order valence-electron chi connectivity index (χ4n) is 16.8. The van der Waals surface area contributed by atoms with Crippen molar-refractivity contribution in [2.45, 2.75) is 309 Å². The van der Waals surface area contributed by atoms with Crippen LogP contribution in [0.15, 0.2) is 30.3 Å². The van der Waals surface area contributed by atoms with Gasteiger partial charge in [-0.3, -0.25) is 38.4 Å². The van der Waals surface area contributed by atoms with Gasteiger partial charge in [-0.15, -0.1) is 0 Å². The van der Waals surface area contributed by atoms with Gasteiger partial charge in [0.25, 0.3) is 0 Å². The first kappa shape index (κ1) is 80.9. The van der Waals surface area contributed by atoms with E-state index in [-0.39, 0.29) is 126 Å². The van der Waals surface area contributed by atoms with Crippen LogP contribution in [0, 0.1) is 41.4 Å². The number of carboxylic acids is 1. The number of aliphatic carboxylic acids is 1. The SMILES string of the molecule is CC(C)(C)OC(=O)C[C@H](C(=O)N1CC[C@@H]2[C@H]1CCN2C(=O)[C@@H](NC(=O)OC(C)(C)C)C1CCCCC1)C1CCCCC1.CC(NN(C)C(=O)OCc1ccccc1)C(=O)O.CC[C@@H](C)C(=O)N[C@H](C(=O)N1CC[C@@H]2[C@H]1CCN2C(=O)[C@@H](CC(=O)[C@H](C)NC)C1CCCCC1)C1CCCCC1. The summed E-state index contributed by atoms with van der Waals surface area (Å²) in [4.78, 5) is 138. The Morgan fingerprint density at radius 2 is 0.910 bits per heavy atom. The quantitative estimate of drug-likeness (QED) is 0.0387. The summed E-state index contributed by atoms with van der Waals surface area (Å²) in [6.07, 6.45) is 24.2. The van der Waals surface area contributed by atoms with E-state index in [0.29, 0.717) is 32.6 Å². The minimum Gasteiger partial charge on any atom is -0.480 e. The number of esters is 1. The minimum atomic E-state index is -1.04. The van der Waals surface area contributed by atoms with Crippen LogP contribution in [-0.4, -0.2) is 189 Å². The van der Waals surface area contributed by atoms with E-state index in [2.05, 4.69) is 21.4 Å². The number of Topliss-reactive ketones (excluding diaryl/α,β-unsaturated/α-hetero) is 1. The summed E-state index contributed by atoms with van der Waals surface area (Å²) in [7, 11) is 3.20. The van der Waals surface area contributed by atoms with Gasteiger partial charge in [-0.2, -0.15) is 0 Å². The van der Waals surface area contributed by atoms with Crippen LogP contribution in [0.4, 0.5) is 9.59 Å². The number of nitrogens with one attached hydrogen (secondary N) is 4.